The Balaban J connectivity index is 1.50. The molecule has 2 aliphatic heterocycles. The summed E-state index contributed by atoms with van der Waals surface area (Å²) in [7, 11) is 0. The zero-order chi connectivity index (χ0) is 32.8. The fraction of sp³-hybridized carbons (Fsp3) is 0.812. The van der Waals surface area contributed by atoms with Crippen molar-refractivity contribution >= 4 is 11.8 Å². The Labute approximate surface area is 265 Å². The molecule has 2 saturated heterocycles. The Morgan fingerprint density at radius 1 is 0.889 bits per heavy atom. The first-order chi connectivity index (χ1) is 21.7. The minimum absolute atomic E-state index is 0.181. The lowest BCUT2D eigenvalue weighted by Crippen LogP contribution is -2.55. The van der Waals surface area contributed by atoms with Crippen LogP contribution in [0.3, 0.4) is 0 Å². The Kier molecular flexibility index (Phi) is 15.7. The number of nitrogens with one attached hydrogen (secondary N) is 2. The van der Waals surface area contributed by atoms with E-state index < -0.39 is 66.0 Å². The van der Waals surface area contributed by atoms with Gasteiger partial charge in [0, 0.05) is 32.2 Å². The van der Waals surface area contributed by atoms with Gasteiger partial charge in [0.05, 0.1) is 0 Å². The number of carbonyl (C=O) groups excluding carboxylic acids is 2. The second kappa shape index (κ2) is 19.2. The first-order valence-electron chi connectivity index (χ1n) is 17.0. The average molecular weight is 638 g/mol. The van der Waals surface area contributed by atoms with E-state index in [2.05, 4.69) is 17.2 Å². The maximum absolute atomic E-state index is 13.5. The number of H-pyrrole nitrogens is 1. The van der Waals surface area contributed by atoms with Crippen LogP contribution in [0.5, 0.6) is 0 Å². The van der Waals surface area contributed by atoms with Crippen LogP contribution in [-0.4, -0.2) is 86.3 Å². The van der Waals surface area contributed by atoms with Crippen molar-refractivity contribution in [2.45, 2.75) is 153 Å². The Morgan fingerprint density at radius 3 is 2.00 bits per heavy atom. The highest BCUT2D eigenvalue weighted by Crippen LogP contribution is 2.37. The van der Waals surface area contributed by atoms with E-state index in [1.807, 2.05) is 0 Å². The van der Waals surface area contributed by atoms with Crippen LogP contribution in [0, 0.1) is 0 Å². The molecule has 6 N–H and O–H groups in total. The molecule has 1 aromatic heterocycles. The lowest BCUT2D eigenvalue weighted by Gasteiger charge is -2.29. The number of aliphatic hydroxyl groups is 2. The number of nitrogens with two attached hydrogens (primary N) is 1. The van der Waals surface area contributed by atoms with Crippen LogP contribution in [0.2, 0.25) is 0 Å². The van der Waals surface area contributed by atoms with Gasteiger partial charge in [0.1, 0.15) is 36.7 Å². The summed E-state index contributed by atoms with van der Waals surface area (Å²) < 4.78 is 13.0. The van der Waals surface area contributed by atoms with Crippen molar-refractivity contribution in [2.75, 3.05) is 13.1 Å². The predicted octanol–water partition coefficient (Wildman–Crippen LogP) is 2.04. The Bertz CT molecular complexity index is 1160. The molecule has 7 atom stereocenters. The number of carbonyl (C=O) groups is 2. The first-order valence-corrected chi connectivity index (χ1v) is 17.0. The van der Waals surface area contributed by atoms with Gasteiger partial charge in [-0.3, -0.25) is 23.9 Å². The van der Waals surface area contributed by atoms with E-state index >= 15 is 0 Å². The van der Waals surface area contributed by atoms with Gasteiger partial charge in [-0.25, -0.2) is 4.79 Å². The summed E-state index contributed by atoms with van der Waals surface area (Å²) in [5.74, 6) is -0.867. The van der Waals surface area contributed by atoms with E-state index in [0.717, 1.165) is 36.1 Å². The minimum atomic E-state index is -1.57. The van der Waals surface area contributed by atoms with Gasteiger partial charge in [0.15, 0.2) is 6.23 Å². The fourth-order valence-electron chi connectivity index (χ4n) is 6.39. The van der Waals surface area contributed by atoms with Crippen LogP contribution in [0.1, 0.15) is 116 Å². The molecule has 13 heteroatoms. The number of unbranched alkanes of at least 4 members (excludes halogenated alkanes) is 13. The molecule has 0 spiro atoms. The van der Waals surface area contributed by atoms with Crippen molar-refractivity contribution in [1.82, 2.24) is 19.8 Å². The molecule has 13 nitrogen and oxygen atoms in total. The van der Waals surface area contributed by atoms with Gasteiger partial charge in [0.2, 0.25) is 11.8 Å². The van der Waals surface area contributed by atoms with Gasteiger partial charge >= 0.3 is 5.69 Å². The zero-order valence-corrected chi connectivity index (χ0v) is 27.0. The second-order valence-electron chi connectivity index (χ2n) is 12.4. The van der Waals surface area contributed by atoms with Gasteiger partial charge in [-0.1, -0.05) is 90.4 Å². The maximum atomic E-state index is 13.5. The standard InChI is InChI=1S/C32H55N5O8/c1-3-4-5-6-7-8-9-10-11-12-13-14-15-16-20-34-30(42)25-28(44-24(17-19-33)37(25)22(2)38)29-26(40)27(41)31(45-29)36-21-18-23(39)35-32(36)43/h18,21,24-29,31,40-41H,3-17,19-20,33H2,1-2H3,(H,34,42)(H,35,39,43)/t24-,25+,26+,27-,28+,29+,31-/m1/s1. The lowest BCUT2D eigenvalue weighted by molar-refractivity contribution is -0.140. The summed E-state index contributed by atoms with van der Waals surface area (Å²) >= 11 is 0. The van der Waals surface area contributed by atoms with E-state index in [4.69, 9.17) is 15.2 Å². The largest absolute Gasteiger partial charge is 0.387 e. The molecule has 0 unspecified atom stereocenters. The SMILES string of the molecule is CCCCCCCCCCCCCCCCNC(=O)[C@@H]1[C@@H]([C@H]2O[C@@H](n3ccc(=O)[nH]c3=O)[C@H](O)[C@@H]2O)O[C@H](CCN)N1C(C)=O. The van der Waals surface area contributed by atoms with E-state index in [1.54, 1.807) is 0 Å². The summed E-state index contributed by atoms with van der Waals surface area (Å²) in [6.07, 6.45) is 10.9. The maximum Gasteiger partial charge on any atom is 0.330 e. The smallest absolute Gasteiger partial charge is 0.330 e. The van der Waals surface area contributed by atoms with Crippen molar-refractivity contribution in [2.24, 2.45) is 5.73 Å². The summed E-state index contributed by atoms with van der Waals surface area (Å²) in [6, 6.07) is -0.0606. The molecule has 2 aliphatic rings. The molecule has 256 valence electrons. The molecule has 1 aromatic rings. The van der Waals surface area contributed by atoms with Gasteiger partial charge in [-0.2, -0.15) is 0 Å². The molecule has 0 bridgehead atoms. The quantitative estimate of drug-likeness (QED) is 0.133. The fourth-order valence-corrected chi connectivity index (χ4v) is 6.39. The van der Waals surface area contributed by atoms with Crippen LogP contribution < -0.4 is 22.3 Å². The predicted molar refractivity (Wildman–Crippen MR) is 169 cm³/mol. The summed E-state index contributed by atoms with van der Waals surface area (Å²) in [5, 5.41) is 24.6. The normalized spacial score (nSPS) is 26.4. The van der Waals surface area contributed by atoms with Crippen LogP contribution in [0.4, 0.5) is 0 Å². The number of rotatable bonds is 20. The molecule has 45 heavy (non-hydrogen) atoms. The Morgan fingerprint density at radius 2 is 1.47 bits per heavy atom. The highest BCUT2D eigenvalue weighted by atomic mass is 16.6. The minimum Gasteiger partial charge on any atom is -0.387 e. The van der Waals surface area contributed by atoms with E-state index in [0.29, 0.717) is 6.54 Å². The topological polar surface area (TPSA) is 189 Å². The van der Waals surface area contributed by atoms with Crippen molar-refractivity contribution < 1.29 is 29.3 Å². The average Bonchev–Trinajstić information content (AvgIpc) is 3.52. The molecular formula is C32H55N5O8. The highest BCUT2D eigenvalue weighted by molar-refractivity contribution is 5.88. The number of aromatic amines is 1. The third kappa shape index (κ3) is 10.5. The van der Waals surface area contributed by atoms with E-state index in [-0.39, 0.29) is 13.0 Å². The van der Waals surface area contributed by atoms with Crippen molar-refractivity contribution in [1.29, 1.82) is 0 Å². The summed E-state index contributed by atoms with van der Waals surface area (Å²) in [4.78, 5) is 53.5. The van der Waals surface area contributed by atoms with E-state index in [9.17, 15) is 29.4 Å². The number of aromatic nitrogens is 2. The number of ether oxygens (including phenoxy) is 2. The molecule has 2 fully saturated rings. The van der Waals surface area contributed by atoms with Crippen LogP contribution in [-0.2, 0) is 19.1 Å². The number of aliphatic hydroxyl groups excluding tert-OH is 2. The third-order valence-electron chi connectivity index (χ3n) is 8.84. The van der Waals surface area contributed by atoms with Gasteiger partial charge < -0.3 is 35.6 Å². The molecule has 2 amide bonds. The van der Waals surface area contributed by atoms with Crippen LogP contribution >= 0.6 is 0 Å². The number of hydrogen-bond donors (Lipinski definition) is 5. The van der Waals surface area contributed by atoms with Crippen molar-refractivity contribution in [3.05, 3.63) is 33.1 Å². The molecule has 3 heterocycles. The number of hydrogen-bond acceptors (Lipinski definition) is 9. The molecular weight excluding hydrogens is 582 g/mol. The van der Waals surface area contributed by atoms with Crippen molar-refractivity contribution in [3.63, 3.8) is 0 Å². The molecule has 0 aliphatic carbocycles. The van der Waals surface area contributed by atoms with Crippen LogP contribution in [0.15, 0.2) is 21.9 Å². The summed E-state index contributed by atoms with van der Waals surface area (Å²) in [5.41, 5.74) is 4.30. The number of amides is 2. The summed E-state index contributed by atoms with van der Waals surface area (Å²) in [6.45, 7) is 4.17. The van der Waals surface area contributed by atoms with Gasteiger partial charge in [-0.05, 0) is 13.0 Å². The van der Waals surface area contributed by atoms with E-state index in [1.165, 1.54) is 82.5 Å². The van der Waals surface area contributed by atoms with Gasteiger partial charge in [-0.15, -0.1) is 0 Å². The Hall–Kier alpha value is -2.58. The molecule has 0 radical (unpaired) electrons. The zero-order valence-electron chi connectivity index (χ0n) is 27.0. The third-order valence-corrected chi connectivity index (χ3v) is 8.84. The monoisotopic (exact) mass is 637 g/mol. The lowest BCUT2D eigenvalue weighted by atomic mass is 9.98. The van der Waals surface area contributed by atoms with Crippen molar-refractivity contribution in [3.8, 4) is 0 Å². The molecule has 0 saturated carbocycles. The second-order valence-corrected chi connectivity index (χ2v) is 12.4. The molecule has 3 rings (SSSR count). The molecule has 0 aromatic carbocycles. The number of nitrogens with zero attached hydrogens (tertiary/aromatic N) is 2. The highest BCUT2D eigenvalue weighted by Gasteiger charge is 2.57. The first kappa shape index (κ1) is 36.9. The van der Waals surface area contributed by atoms with Crippen LogP contribution in [0.25, 0.3) is 0 Å². The van der Waals surface area contributed by atoms with Gasteiger partial charge in [0.25, 0.3) is 5.56 Å².